The molecular weight excluding hydrogens is 338 g/mol. The molecule has 1 aliphatic heterocycles. The molecule has 1 fully saturated rings. The van der Waals surface area contributed by atoms with Gasteiger partial charge in [-0.2, -0.15) is 0 Å². The lowest BCUT2D eigenvalue weighted by Crippen LogP contribution is -2.45. The number of benzene rings is 2. The Hall–Kier alpha value is -2.08. The van der Waals surface area contributed by atoms with Gasteiger partial charge in [-0.1, -0.05) is 29.8 Å². The van der Waals surface area contributed by atoms with Gasteiger partial charge in [0, 0.05) is 29.0 Å². The largest absolute Gasteiger partial charge is 0.368 e. The number of morpholine rings is 1. The fourth-order valence-corrected chi connectivity index (χ4v) is 3.09. The third-order valence-electron chi connectivity index (χ3n) is 4.12. The highest BCUT2D eigenvalue weighted by Gasteiger charge is 2.27. The molecule has 2 aromatic rings. The second-order valence-corrected chi connectivity index (χ2v) is 6.72. The number of hydrogen-bond donors (Lipinski definition) is 3. The van der Waals surface area contributed by atoms with Crippen molar-refractivity contribution < 1.29 is 9.53 Å². The predicted molar refractivity (Wildman–Crippen MR) is 101 cm³/mol. The van der Waals surface area contributed by atoms with Gasteiger partial charge in [-0.15, -0.1) is 0 Å². The molecule has 2 amide bonds. The molecule has 3 atom stereocenters. The van der Waals surface area contributed by atoms with Crippen LogP contribution < -0.4 is 16.0 Å². The first-order valence-electron chi connectivity index (χ1n) is 8.33. The maximum absolute atomic E-state index is 12.2. The van der Waals surface area contributed by atoms with Gasteiger partial charge in [-0.3, -0.25) is 0 Å². The summed E-state index contributed by atoms with van der Waals surface area (Å²) < 4.78 is 6.05. The molecule has 3 N–H and O–H groups in total. The monoisotopic (exact) mass is 359 g/mol. The van der Waals surface area contributed by atoms with E-state index in [4.69, 9.17) is 16.3 Å². The van der Waals surface area contributed by atoms with Crippen molar-refractivity contribution in [3.05, 3.63) is 59.1 Å². The second kappa shape index (κ2) is 7.87. The summed E-state index contributed by atoms with van der Waals surface area (Å²) in [7, 11) is 0. The number of carbonyl (C=O) groups is 1. The van der Waals surface area contributed by atoms with E-state index < -0.39 is 0 Å². The highest BCUT2D eigenvalue weighted by Crippen LogP contribution is 2.28. The summed E-state index contributed by atoms with van der Waals surface area (Å²) >= 11 is 5.93. The number of carbonyl (C=O) groups excluding carboxylic acids is 1. The van der Waals surface area contributed by atoms with E-state index >= 15 is 0 Å². The minimum Gasteiger partial charge on any atom is -0.368 e. The van der Waals surface area contributed by atoms with Crippen molar-refractivity contribution in [1.82, 2.24) is 5.32 Å². The molecule has 0 spiro atoms. The molecule has 6 heteroatoms. The van der Waals surface area contributed by atoms with Gasteiger partial charge in [-0.25, -0.2) is 4.79 Å². The van der Waals surface area contributed by atoms with Crippen molar-refractivity contribution in [3.8, 4) is 0 Å². The van der Waals surface area contributed by atoms with Crippen molar-refractivity contribution in [2.24, 2.45) is 0 Å². The smallest absolute Gasteiger partial charge is 0.323 e. The van der Waals surface area contributed by atoms with Crippen molar-refractivity contribution >= 4 is 29.0 Å². The topological polar surface area (TPSA) is 62.4 Å². The number of ether oxygens (including phenoxy) is 1. The van der Waals surface area contributed by atoms with E-state index in [2.05, 4.69) is 22.9 Å². The van der Waals surface area contributed by atoms with Crippen molar-refractivity contribution in [2.45, 2.75) is 32.1 Å². The maximum atomic E-state index is 12.2. The van der Waals surface area contributed by atoms with Crippen LogP contribution in [0.1, 0.15) is 25.5 Å². The number of amides is 2. The van der Waals surface area contributed by atoms with Crippen LogP contribution >= 0.6 is 11.6 Å². The molecule has 0 radical (unpaired) electrons. The lowest BCUT2D eigenvalue weighted by atomic mass is 10.0. The summed E-state index contributed by atoms with van der Waals surface area (Å²) in [5, 5.41) is 9.63. The summed E-state index contributed by atoms with van der Waals surface area (Å²) in [5.74, 6) is 0. The van der Waals surface area contributed by atoms with Crippen LogP contribution in [0.4, 0.5) is 16.2 Å². The van der Waals surface area contributed by atoms with Gasteiger partial charge in [0.1, 0.15) is 0 Å². The van der Waals surface area contributed by atoms with Crippen LogP contribution in [0.5, 0.6) is 0 Å². The zero-order valence-electron chi connectivity index (χ0n) is 14.3. The van der Waals surface area contributed by atoms with Gasteiger partial charge in [0.15, 0.2) is 0 Å². The first-order valence-corrected chi connectivity index (χ1v) is 8.71. The Morgan fingerprint density at radius 2 is 1.80 bits per heavy atom. The minimum atomic E-state index is -0.316. The Morgan fingerprint density at radius 3 is 2.52 bits per heavy atom. The molecule has 3 rings (SSSR count). The van der Waals surface area contributed by atoms with Crippen molar-refractivity contribution in [1.29, 1.82) is 0 Å². The first-order chi connectivity index (χ1) is 12.0. The molecular formula is C19H22ClN3O2. The number of rotatable bonds is 3. The lowest BCUT2D eigenvalue weighted by molar-refractivity contribution is -0.0519. The summed E-state index contributed by atoms with van der Waals surface area (Å²) in [6, 6.07) is 14.7. The first kappa shape index (κ1) is 17.7. The highest BCUT2D eigenvalue weighted by molar-refractivity contribution is 6.30. The molecule has 0 aliphatic carbocycles. The van der Waals surface area contributed by atoms with E-state index in [1.165, 1.54) is 0 Å². The average molecular weight is 360 g/mol. The molecule has 0 saturated carbocycles. The molecule has 5 nitrogen and oxygen atoms in total. The summed E-state index contributed by atoms with van der Waals surface area (Å²) in [5.41, 5.74) is 2.39. The third kappa shape index (κ3) is 4.72. The van der Waals surface area contributed by atoms with Crippen molar-refractivity contribution in [2.75, 3.05) is 17.2 Å². The number of halogens is 1. The van der Waals surface area contributed by atoms with E-state index in [1.807, 2.05) is 31.2 Å². The summed E-state index contributed by atoms with van der Waals surface area (Å²) in [6.45, 7) is 4.99. The van der Waals surface area contributed by atoms with Crippen LogP contribution in [0.3, 0.4) is 0 Å². The Morgan fingerprint density at radius 1 is 1.12 bits per heavy atom. The highest BCUT2D eigenvalue weighted by atomic mass is 35.5. The molecule has 0 bridgehead atoms. The van der Waals surface area contributed by atoms with Gasteiger partial charge < -0.3 is 20.7 Å². The number of anilines is 2. The van der Waals surface area contributed by atoms with E-state index in [0.29, 0.717) is 16.4 Å². The molecule has 0 unspecified atom stereocenters. The molecule has 1 saturated heterocycles. The Kier molecular flexibility index (Phi) is 5.58. The van der Waals surface area contributed by atoms with E-state index in [0.717, 1.165) is 12.1 Å². The Bertz CT molecular complexity index is 753. The number of urea groups is 1. The SMILES string of the molecule is C[C@@H]1CN[C@H](C)[C@H](c2cccc(NC(=O)Nc3cccc(Cl)c3)c2)O1. The van der Waals surface area contributed by atoms with Crippen LogP contribution in [0.25, 0.3) is 0 Å². The van der Waals surface area contributed by atoms with Crippen LogP contribution in [0.2, 0.25) is 5.02 Å². The van der Waals surface area contributed by atoms with Crippen LogP contribution in [-0.2, 0) is 4.74 Å². The fourth-order valence-electron chi connectivity index (χ4n) is 2.90. The van der Waals surface area contributed by atoms with Crippen LogP contribution in [-0.4, -0.2) is 24.7 Å². The van der Waals surface area contributed by atoms with E-state index in [-0.39, 0.29) is 24.3 Å². The Balaban J connectivity index is 1.68. The third-order valence-corrected chi connectivity index (χ3v) is 4.35. The average Bonchev–Trinajstić information content (AvgIpc) is 2.57. The predicted octanol–water partition coefficient (Wildman–Crippen LogP) is 4.42. The molecule has 0 aromatic heterocycles. The second-order valence-electron chi connectivity index (χ2n) is 6.28. The maximum Gasteiger partial charge on any atom is 0.323 e. The van der Waals surface area contributed by atoms with Gasteiger partial charge in [0.25, 0.3) is 0 Å². The molecule has 1 aliphatic rings. The van der Waals surface area contributed by atoms with Crippen LogP contribution in [0.15, 0.2) is 48.5 Å². The molecule has 2 aromatic carbocycles. The van der Waals surface area contributed by atoms with Gasteiger partial charge in [-0.05, 0) is 49.7 Å². The normalized spacial score (nSPS) is 23.1. The minimum absolute atomic E-state index is 0.0403. The number of hydrogen-bond acceptors (Lipinski definition) is 3. The van der Waals surface area contributed by atoms with Gasteiger partial charge in [0.05, 0.1) is 12.2 Å². The van der Waals surface area contributed by atoms with Crippen LogP contribution in [0, 0.1) is 0 Å². The van der Waals surface area contributed by atoms with Gasteiger partial charge >= 0.3 is 6.03 Å². The fraction of sp³-hybridized carbons (Fsp3) is 0.316. The Labute approximate surface area is 152 Å². The van der Waals surface area contributed by atoms with Crippen molar-refractivity contribution in [3.63, 3.8) is 0 Å². The van der Waals surface area contributed by atoms with Gasteiger partial charge in [0.2, 0.25) is 0 Å². The zero-order chi connectivity index (χ0) is 17.8. The van der Waals surface area contributed by atoms with E-state index in [9.17, 15) is 4.79 Å². The molecule has 25 heavy (non-hydrogen) atoms. The summed E-state index contributed by atoms with van der Waals surface area (Å²) in [4.78, 5) is 12.2. The van der Waals surface area contributed by atoms with E-state index in [1.54, 1.807) is 24.3 Å². The number of nitrogens with one attached hydrogen (secondary N) is 3. The quantitative estimate of drug-likeness (QED) is 0.760. The molecule has 132 valence electrons. The standard InChI is InChI=1S/C19H22ClN3O2/c1-12-11-21-13(2)18(25-12)14-5-3-7-16(9-14)22-19(24)23-17-8-4-6-15(20)10-17/h3-10,12-13,18,21H,11H2,1-2H3,(H2,22,23,24)/t12-,13-,18-/m1/s1. The summed E-state index contributed by atoms with van der Waals surface area (Å²) in [6.07, 6.45) is 0.116. The zero-order valence-corrected chi connectivity index (χ0v) is 15.0. The lowest BCUT2D eigenvalue weighted by Gasteiger charge is -2.34. The molecule has 1 heterocycles.